The van der Waals surface area contributed by atoms with Gasteiger partial charge in [0.25, 0.3) is 0 Å². The van der Waals surface area contributed by atoms with Crippen LogP contribution < -0.4 is 0 Å². The summed E-state index contributed by atoms with van der Waals surface area (Å²) >= 11 is 0. The van der Waals surface area contributed by atoms with Crippen LogP contribution in [0.1, 0.15) is 26.2 Å². The predicted octanol–water partition coefficient (Wildman–Crippen LogP) is 1.63. The Morgan fingerprint density at radius 2 is 2.46 bits per heavy atom. The Kier molecular flexibility index (Phi) is 2.25. The average molecular weight is 182 g/mol. The first-order valence-corrected chi connectivity index (χ1v) is 4.86. The lowest BCUT2D eigenvalue weighted by Crippen LogP contribution is -2.07. The molecular formula is C10H14O3. The molecule has 1 heterocycles. The standard InChI is InChI=1S/C10H14O3/c1-2-12-10(11)8-4-3-7-5-6-13-9(7)8/h7H,2-6H2,1H3. The topological polar surface area (TPSA) is 35.5 Å². The molecule has 0 spiro atoms. The average Bonchev–Trinajstić information content (AvgIpc) is 2.62. The molecule has 0 N–H and O–H groups in total. The van der Waals surface area contributed by atoms with E-state index in [1.807, 2.05) is 6.92 Å². The van der Waals surface area contributed by atoms with Gasteiger partial charge in [-0.15, -0.1) is 0 Å². The Bertz CT molecular complexity index is 255. The van der Waals surface area contributed by atoms with Crippen molar-refractivity contribution in [1.82, 2.24) is 0 Å². The zero-order valence-corrected chi connectivity index (χ0v) is 7.84. The van der Waals surface area contributed by atoms with Gasteiger partial charge < -0.3 is 9.47 Å². The molecule has 0 saturated carbocycles. The Labute approximate surface area is 77.7 Å². The molecule has 2 aliphatic rings. The molecule has 72 valence electrons. The van der Waals surface area contributed by atoms with Gasteiger partial charge in [-0.2, -0.15) is 0 Å². The Hall–Kier alpha value is -0.990. The number of allylic oxidation sites excluding steroid dienone is 1. The number of fused-ring (bicyclic) bond motifs is 1. The summed E-state index contributed by atoms with van der Waals surface area (Å²) in [6.45, 7) is 3.04. The van der Waals surface area contributed by atoms with Crippen LogP contribution in [0.25, 0.3) is 0 Å². The number of ether oxygens (including phenoxy) is 2. The maximum Gasteiger partial charge on any atom is 0.337 e. The summed E-state index contributed by atoms with van der Waals surface area (Å²) in [4.78, 5) is 11.4. The summed E-state index contributed by atoms with van der Waals surface area (Å²) < 4.78 is 10.4. The van der Waals surface area contributed by atoms with Gasteiger partial charge in [0.1, 0.15) is 5.76 Å². The predicted molar refractivity (Wildman–Crippen MR) is 47.0 cm³/mol. The maximum absolute atomic E-state index is 11.4. The third-order valence-corrected chi connectivity index (χ3v) is 2.66. The SMILES string of the molecule is CCOC(=O)C1=C2OCCC2CC1. The van der Waals surface area contributed by atoms with E-state index in [2.05, 4.69) is 0 Å². The molecule has 1 saturated heterocycles. The first kappa shape index (κ1) is 8.60. The maximum atomic E-state index is 11.4. The number of carbonyl (C=O) groups excluding carboxylic acids is 1. The molecule has 1 atom stereocenters. The van der Waals surface area contributed by atoms with E-state index in [1.54, 1.807) is 0 Å². The molecule has 1 fully saturated rings. The molecule has 3 nitrogen and oxygen atoms in total. The number of rotatable bonds is 2. The second-order valence-corrected chi connectivity index (χ2v) is 3.44. The lowest BCUT2D eigenvalue weighted by atomic mass is 10.1. The molecule has 0 aromatic carbocycles. The van der Waals surface area contributed by atoms with Crippen molar-refractivity contribution in [1.29, 1.82) is 0 Å². The van der Waals surface area contributed by atoms with Gasteiger partial charge in [-0.05, 0) is 26.2 Å². The van der Waals surface area contributed by atoms with Crippen LogP contribution >= 0.6 is 0 Å². The van der Waals surface area contributed by atoms with Gasteiger partial charge in [0.2, 0.25) is 0 Å². The van der Waals surface area contributed by atoms with Crippen LogP contribution in [0, 0.1) is 5.92 Å². The molecule has 1 unspecified atom stereocenters. The Morgan fingerprint density at radius 1 is 1.62 bits per heavy atom. The van der Waals surface area contributed by atoms with Crippen molar-refractivity contribution in [2.24, 2.45) is 5.92 Å². The van der Waals surface area contributed by atoms with E-state index in [9.17, 15) is 4.79 Å². The summed E-state index contributed by atoms with van der Waals surface area (Å²) in [6.07, 6.45) is 2.96. The van der Waals surface area contributed by atoms with Gasteiger partial charge in [0.15, 0.2) is 0 Å². The third-order valence-electron chi connectivity index (χ3n) is 2.66. The molecule has 0 aromatic heterocycles. The number of carbonyl (C=O) groups is 1. The van der Waals surface area contributed by atoms with E-state index >= 15 is 0 Å². The number of hydrogen-bond acceptors (Lipinski definition) is 3. The summed E-state index contributed by atoms with van der Waals surface area (Å²) in [6, 6.07) is 0. The minimum absolute atomic E-state index is 0.179. The van der Waals surface area contributed by atoms with E-state index in [-0.39, 0.29) is 5.97 Å². The summed E-state index contributed by atoms with van der Waals surface area (Å²) in [5.41, 5.74) is 0.782. The largest absolute Gasteiger partial charge is 0.497 e. The fraction of sp³-hybridized carbons (Fsp3) is 0.700. The number of hydrogen-bond donors (Lipinski definition) is 0. The fourth-order valence-corrected chi connectivity index (χ4v) is 2.03. The van der Waals surface area contributed by atoms with Crippen molar-refractivity contribution < 1.29 is 14.3 Å². The summed E-state index contributed by atoms with van der Waals surface area (Å²) in [7, 11) is 0. The quantitative estimate of drug-likeness (QED) is 0.609. The minimum atomic E-state index is -0.179. The van der Waals surface area contributed by atoms with Crippen molar-refractivity contribution in [2.45, 2.75) is 26.2 Å². The second kappa shape index (κ2) is 3.40. The van der Waals surface area contributed by atoms with Crippen LogP contribution in [0.3, 0.4) is 0 Å². The Morgan fingerprint density at radius 3 is 3.23 bits per heavy atom. The van der Waals surface area contributed by atoms with Crippen molar-refractivity contribution >= 4 is 5.97 Å². The first-order valence-electron chi connectivity index (χ1n) is 4.86. The van der Waals surface area contributed by atoms with Gasteiger partial charge in [-0.3, -0.25) is 0 Å². The molecule has 3 heteroatoms. The van der Waals surface area contributed by atoms with E-state index in [1.165, 1.54) is 0 Å². The van der Waals surface area contributed by atoms with Crippen LogP contribution in [-0.2, 0) is 14.3 Å². The van der Waals surface area contributed by atoms with Crippen molar-refractivity contribution in [2.75, 3.05) is 13.2 Å². The first-order chi connectivity index (χ1) is 6.33. The molecule has 2 rings (SSSR count). The van der Waals surface area contributed by atoms with E-state index in [4.69, 9.17) is 9.47 Å². The zero-order valence-electron chi connectivity index (χ0n) is 7.84. The second-order valence-electron chi connectivity index (χ2n) is 3.44. The highest BCUT2D eigenvalue weighted by Gasteiger charge is 2.35. The molecule has 1 aliphatic carbocycles. The highest BCUT2D eigenvalue weighted by molar-refractivity contribution is 5.89. The minimum Gasteiger partial charge on any atom is -0.497 e. The van der Waals surface area contributed by atoms with Crippen LogP contribution in [-0.4, -0.2) is 19.2 Å². The van der Waals surface area contributed by atoms with Gasteiger partial charge in [0.05, 0.1) is 18.8 Å². The molecule has 0 radical (unpaired) electrons. The van der Waals surface area contributed by atoms with E-state index in [0.29, 0.717) is 12.5 Å². The molecular weight excluding hydrogens is 168 g/mol. The Balaban J connectivity index is 2.13. The van der Waals surface area contributed by atoms with Crippen LogP contribution in [0.5, 0.6) is 0 Å². The smallest absolute Gasteiger partial charge is 0.337 e. The van der Waals surface area contributed by atoms with Gasteiger partial charge in [-0.25, -0.2) is 4.79 Å². The van der Waals surface area contributed by atoms with Crippen molar-refractivity contribution in [3.63, 3.8) is 0 Å². The molecule has 0 aromatic rings. The summed E-state index contributed by atoms with van der Waals surface area (Å²) in [5.74, 6) is 1.24. The molecule has 0 bridgehead atoms. The highest BCUT2D eigenvalue weighted by Crippen LogP contribution is 2.39. The monoisotopic (exact) mass is 182 g/mol. The lowest BCUT2D eigenvalue weighted by Gasteiger charge is -2.04. The molecule has 0 amide bonds. The van der Waals surface area contributed by atoms with Gasteiger partial charge >= 0.3 is 5.97 Å². The highest BCUT2D eigenvalue weighted by atomic mass is 16.5. The van der Waals surface area contributed by atoms with Crippen molar-refractivity contribution in [3.05, 3.63) is 11.3 Å². The normalized spacial score (nSPS) is 25.8. The van der Waals surface area contributed by atoms with Gasteiger partial charge in [-0.1, -0.05) is 0 Å². The zero-order chi connectivity index (χ0) is 9.26. The van der Waals surface area contributed by atoms with Crippen LogP contribution in [0.4, 0.5) is 0 Å². The molecule has 13 heavy (non-hydrogen) atoms. The van der Waals surface area contributed by atoms with Crippen LogP contribution in [0.2, 0.25) is 0 Å². The lowest BCUT2D eigenvalue weighted by molar-refractivity contribution is -0.138. The van der Waals surface area contributed by atoms with E-state index in [0.717, 1.165) is 37.2 Å². The van der Waals surface area contributed by atoms with E-state index < -0.39 is 0 Å². The van der Waals surface area contributed by atoms with Gasteiger partial charge in [0, 0.05) is 5.92 Å². The summed E-state index contributed by atoms with van der Waals surface area (Å²) in [5, 5.41) is 0. The molecule has 1 aliphatic heterocycles. The fourth-order valence-electron chi connectivity index (χ4n) is 2.03. The van der Waals surface area contributed by atoms with Crippen LogP contribution in [0.15, 0.2) is 11.3 Å². The van der Waals surface area contributed by atoms with Crippen molar-refractivity contribution in [3.8, 4) is 0 Å². The third kappa shape index (κ3) is 1.43. The number of esters is 1.